The van der Waals surface area contributed by atoms with Crippen LogP contribution in [0.25, 0.3) is 5.03 Å². The molecule has 0 heterocycles. The largest absolute Gasteiger partial charge is 0.443 e. The lowest BCUT2D eigenvalue weighted by Gasteiger charge is -2.24. The van der Waals surface area contributed by atoms with Gasteiger partial charge in [0, 0.05) is 17.8 Å². The Balaban J connectivity index is 2.81. The van der Waals surface area contributed by atoms with Crippen LogP contribution >= 0.6 is 11.6 Å². The number of carbonyl (C=O) groups excluding carboxylic acids is 1. The van der Waals surface area contributed by atoms with E-state index in [-0.39, 0.29) is 6.09 Å². The molecular formula is C14H18ClNO2. The first kappa shape index (κ1) is 14.6. The summed E-state index contributed by atoms with van der Waals surface area (Å²) in [4.78, 5) is 13.3. The zero-order chi connectivity index (χ0) is 13.9. The van der Waals surface area contributed by atoms with Crippen LogP contribution in [0, 0.1) is 0 Å². The molecule has 0 radical (unpaired) electrons. The molecule has 0 aromatic heterocycles. The van der Waals surface area contributed by atoms with Crippen LogP contribution in [0.15, 0.2) is 30.8 Å². The minimum Gasteiger partial charge on any atom is -0.443 e. The summed E-state index contributed by atoms with van der Waals surface area (Å²) in [5, 5.41) is 0.474. The van der Waals surface area contributed by atoms with Crippen molar-refractivity contribution in [2.75, 3.05) is 11.9 Å². The molecule has 0 fully saturated rings. The van der Waals surface area contributed by atoms with E-state index in [1.807, 2.05) is 32.9 Å². The lowest BCUT2D eigenvalue weighted by Crippen LogP contribution is -2.34. The highest BCUT2D eigenvalue weighted by molar-refractivity contribution is 6.48. The SMILES string of the molecule is C=C(Cl)c1ccc(N(C)C(=O)OC(C)(C)C)cc1. The molecule has 0 saturated carbocycles. The van der Waals surface area contributed by atoms with E-state index < -0.39 is 5.60 Å². The fourth-order valence-corrected chi connectivity index (χ4v) is 1.43. The van der Waals surface area contributed by atoms with Crippen molar-refractivity contribution in [2.24, 2.45) is 0 Å². The fraction of sp³-hybridized carbons (Fsp3) is 0.357. The first-order chi connectivity index (χ1) is 8.20. The number of hydrogen-bond acceptors (Lipinski definition) is 2. The molecule has 0 aliphatic carbocycles. The van der Waals surface area contributed by atoms with Crippen LogP contribution in [-0.4, -0.2) is 18.7 Å². The zero-order valence-electron chi connectivity index (χ0n) is 11.2. The second-order valence-corrected chi connectivity index (χ2v) is 5.45. The van der Waals surface area contributed by atoms with E-state index >= 15 is 0 Å². The first-order valence-corrected chi connectivity index (χ1v) is 6.00. The normalized spacial score (nSPS) is 10.9. The number of hydrogen-bond donors (Lipinski definition) is 0. The van der Waals surface area contributed by atoms with Gasteiger partial charge in [-0.3, -0.25) is 4.90 Å². The van der Waals surface area contributed by atoms with Gasteiger partial charge in [-0.05, 0) is 38.5 Å². The van der Waals surface area contributed by atoms with Crippen LogP contribution in [0.5, 0.6) is 0 Å². The Kier molecular flexibility index (Phi) is 4.41. The maximum Gasteiger partial charge on any atom is 0.414 e. The molecule has 0 atom stereocenters. The monoisotopic (exact) mass is 267 g/mol. The van der Waals surface area contributed by atoms with Crippen molar-refractivity contribution < 1.29 is 9.53 Å². The number of rotatable bonds is 2. The second-order valence-electron chi connectivity index (χ2n) is 4.99. The lowest BCUT2D eigenvalue weighted by atomic mass is 10.2. The molecule has 1 amide bonds. The van der Waals surface area contributed by atoms with Gasteiger partial charge in [-0.15, -0.1) is 0 Å². The lowest BCUT2D eigenvalue weighted by molar-refractivity contribution is 0.0589. The third-order valence-corrected chi connectivity index (χ3v) is 2.45. The Labute approximate surface area is 113 Å². The average molecular weight is 268 g/mol. The molecule has 4 heteroatoms. The Morgan fingerprint density at radius 3 is 2.17 bits per heavy atom. The van der Waals surface area contributed by atoms with Gasteiger partial charge in [0.2, 0.25) is 0 Å². The molecule has 18 heavy (non-hydrogen) atoms. The molecule has 0 saturated heterocycles. The number of nitrogens with zero attached hydrogens (tertiary/aromatic N) is 1. The highest BCUT2D eigenvalue weighted by Gasteiger charge is 2.20. The average Bonchev–Trinajstić information content (AvgIpc) is 2.26. The van der Waals surface area contributed by atoms with Crippen LogP contribution in [0.2, 0.25) is 0 Å². The topological polar surface area (TPSA) is 29.5 Å². The maximum absolute atomic E-state index is 11.8. The summed E-state index contributed by atoms with van der Waals surface area (Å²) >= 11 is 5.79. The summed E-state index contributed by atoms with van der Waals surface area (Å²) in [6.45, 7) is 9.14. The molecule has 0 aliphatic rings. The smallest absolute Gasteiger partial charge is 0.414 e. The Morgan fingerprint density at radius 2 is 1.78 bits per heavy atom. The number of anilines is 1. The van der Waals surface area contributed by atoms with Crippen molar-refractivity contribution in [1.82, 2.24) is 0 Å². The molecule has 0 unspecified atom stereocenters. The van der Waals surface area contributed by atoms with Crippen LogP contribution in [-0.2, 0) is 4.74 Å². The predicted molar refractivity (Wildman–Crippen MR) is 76.0 cm³/mol. The van der Waals surface area contributed by atoms with Gasteiger partial charge < -0.3 is 4.74 Å². The van der Waals surface area contributed by atoms with Gasteiger partial charge in [0.25, 0.3) is 0 Å². The van der Waals surface area contributed by atoms with Gasteiger partial charge in [0.15, 0.2) is 0 Å². The maximum atomic E-state index is 11.8. The number of amides is 1. The molecule has 0 aliphatic heterocycles. The number of halogens is 1. The minimum absolute atomic E-state index is 0.389. The van der Waals surface area contributed by atoms with Crippen LogP contribution in [0.4, 0.5) is 10.5 Å². The van der Waals surface area contributed by atoms with E-state index in [1.54, 1.807) is 19.2 Å². The molecule has 1 rings (SSSR count). The molecule has 0 N–H and O–H groups in total. The predicted octanol–water partition coefficient (Wildman–Crippen LogP) is 4.27. The summed E-state index contributed by atoms with van der Waals surface area (Å²) in [7, 11) is 1.67. The highest BCUT2D eigenvalue weighted by Crippen LogP contribution is 2.21. The van der Waals surface area contributed by atoms with E-state index in [4.69, 9.17) is 16.3 Å². The molecule has 1 aromatic rings. The standard InChI is InChI=1S/C14H18ClNO2/c1-10(15)11-6-8-12(9-7-11)16(5)13(17)18-14(2,3)4/h6-9H,1H2,2-5H3. The Hall–Kier alpha value is -1.48. The molecule has 0 bridgehead atoms. The van der Waals surface area contributed by atoms with Crippen LogP contribution < -0.4 is 4.90 Å². The van der Waals surface area contributed by atoms with Gasteiger partial charge in [-0.25, -0.2) is 4.79 Å². The third kappa shape index (κ3) is 4.08. The van der Waals surface area contributed by atoms with Gasteiger partial charge in [0.05, 0.1) is 0 Å². The molecule has 3 nitrogen and oxygen atoms in total. The highest BCUT2D eigenvalue weighted by atomic mass is 35.5. The van der Waals surface area contributed by atoms with Crippen molar-refractivity contribution in [2.45, 2.75) is 26.4 Å². The van der Waals surface area contributed by atoms with E-state index in [1.165, 1.54) is 4.90 Å². The summed E-state index contributed by atoms with van der Waals surface area (Å²) in [6.07, 6.45) is -0.389. The van der Waals surface area contributed by atoms with E-state index in [0.717, 1.165) is 11.3 Å². The first-order valence-electron chi connectivity index (χ1n) is 5.62. The third-order valence-electron chi connectivity index (χ3n) is 2.24. The molecule has 98 valence electrons. The fourth-order valence-electron chi connectivity index (χ4n) is 1.30. The Morgan fingerprint density at radius 1 is 1.28 bits per heavy atom. The number of carbonyl (C=O) groups is 1. The van der Waals surface area contributed by atoms with Gasteiger partial charge >= 0.3 is 6.09 Å². The molecule has 0 spiro atoms. The van der Waals surface area contributed by atoms with Gasteiger partial charge in [-0.1, -0.05) is 30.3 Å². The van der Waals surface area contributed by atoms with Crippen molar-refractivity contribution in [3.8, 4) is 0 Å². The molecule has 1 aromatic carbocycles. The summed E-state index contributed by atoms with van der Waals surface area (Å²) in [6, 6.07) is 7.22. The van der Waals surface area contributed by atoms with Crippen molar-refractivity contribution in [1.29, 1.82) is 0 Å². The van der Waals surface area contributed by atoms with E-state index in [0.29, 0.717) is 5.03 Å². The minimum atomic E-state index is -0.504. The van der Waals surface area contributed by atoms with E-state index in [2.05, 4.69) is 6.58 Å². The molecular weight excluding hydrogens is 250 g/mol. The van der Waals surface area contributed by atoms with Crippen LogP contribution in [0.1, 0.15) is 26.3 Å². The summed E-state index contributed by atoms with van der Waals surface area (Å²) in [5.41, 5.74) is 1.07. The van der Waals surface area contributed by atoms with Crippen molar-refractivity contribution >= 4 is 28.4 Å². The Bertz CT molecular complexity index is 446. The quantitative estimate of drug-likeness (QED) is 0.801. The number of benzene rings is 1. The summed E-state index contributed by atoms with van der Waals surface area (Å²) in [5.74, 6) is 0. The van der Waals surface area contributed by atoms with Crippen LogP contribution in [0.3, 0.4) is 0 Å². The van der Waals surface area contributed by atoms with Gasteiger partial charge in [-0.2, -0.15) is 0 Å². The van der Waals surface area contributed by atoms with E-state index in [9.17, 15) is 4.79 Å². The van der Waals surface area contributed by atoms with Crippen molar-refractivity contribution in [3.05, 3.63) is 36.4 Å². The zero-order valence-corrected chi connectivity index (χ0v) is 11.9. The summed E-state index contributed by atoms with van der Waals surface area (Å²) < 4.78 is 5.27. The number of ether oxygens (including phenoxy) is 1. The van der Waals surface area contributed by atoms with Crippen molar-refractivity contribution in [3.63, 3.8) is 0 Å². The second kappa shape index (κ2) is 5.44. The van der Waals surface area contributed by atoms with Gasteiger partial charge in [0.1, 0.15) is 5.60 Å².